The Labute approximate surface area is 167 Å². The van der Waals surface area contributed by atoms with Crippen molar-refractivity contribution in [1.82, 2.24) is 0 Å². The van der Waals surface area contributed by atoms with E-state index in [1.165, 1.54) is 0 Å². The minimum Gasteiger partial charge on any atom is -0.457 e. The summed E-state index contributed by atoms with van der Waals surface area (Å²) in [6.07, 6.45) is 3.84. The molecule has 1 saturated carbocycles. The van der Waals surface area contributed by atoms with Crippen molar-refractivity contribution >= 4 is 28.6 Å². The quantitative estimate of drug-likeness (QED) is 0.539. The largest absolute Gasteiger partial charge is 0.457 e. The number of nitrogens with zero attached hydrogens (tertiary/aromatic N) is 1. The smallest absolute Gasteiger partial charge is 0.339 e. The number of esters is 1. The number of halogens is 1. The molecule has 1 fully saturated rings. The van der Waals surface area contributed by atoms with E-state index in [9.17, 15) is 10.1 Å². The van der Waals surface area contributed by atoms with Crippen LogP contribution in [0.4, 0.5) is 0 Å². The molecule has 0 bridgehead atoms. The molecule has 4 nitrogen and oxygen atoms in total. The maximum absolute atomic E-state index is 12.9. The highest BCUT2D eigenvalue weighted by atomic mass is 127. The van der Waals surface area contributed by atoms with Crippen LogP contribution in [0.15, 0.2) is 42.5 Å². The number of hydrogen-bond donors (Lipinski definition) is 1. The van der Waals surface area contributed by atoms with Crippen LogP contribution in [0.3, 0.4) is 0 Å². The van der Waals surface area contributed by atoms with E-state index in [0.29, 0.717) is 14.7 Å². The van der Waals surface area contributed by atoms with E-state index in [2.05, 4.69) is 28.7 Å². The molecule has 0 spiro atoms. The third-order valence-electron chi connectivity index (χ3n) is 4.92. The third kappa shape index (κ3) is 4.25. The molecule has 0 saturated heterocycles. The SMILES string of the molecule is N#Cc1ccc(C2CCC(N)CC2)c(C(=O)OCc2ccccc2)c1I. The van der Waals surface area contributed by atoms with Crippen molar-refractivity contribution < 1.29 is 9.53 Å². The van der Waals surface area contributed by atoms with Gasteiger partial charge in [0.25, 0.3) is 0 Å². The summed E-state index contributed by atoms with van der Waals surface area (Å²) in [7, 11) is 0. The Morgan fingerprint density at radius 3 is 2.50 bits per heavy atom. The summed E-state index contributed by atoms with van der Waals surface area (Å²) in [5.74, 6) is -0.0736. The van der Waals surface area contributed by atoms with Gasteiger partial charge in [0, 0.05) is 9.61 Å². The summed E-state index contributed by atoms with van der Waals surface area (Å²) < 4.78 is 6.25. The number of nitrogens with two attached hydrogens (primary N) is 1. The Kier molecular flexibility index (Phi) is 6.28. The number of carbonyl (C=O) groups excluding carboxylic acids is 1. The Morgan fingerprint density at radius 2 is 1.85 bits per heavy atom. The molecule has 2 N–H and O–H groups in total. The highest BCUT2D eigenvalue weighted by Crippen LogP contribution is 2.36. The fourth-order valence-corrected chi connectivity index (χ4v) is 4.28. The van der Waals surface area contributed by atoms with Crippen LogP contribution in [0.25, 0.3) is 0 Å². The van der Waals surface area contributed by atoms with Crippen LogP contribution in [-0.2, 0) is 11.3 Å². The van der Waals surface area contributed by atoms with Gasteiger partial charge in [-0.15, -0.1) is 0 Å². The van der Waals surface area contributed by atoms with E-state index in [1.807, 2.05) is 36.4 Å². The van der Waals surface area contributed by atoms with Crippen LogP contribution >= 0.6 is 22.6 Å². The second-order valence-electron chi connectivity index (χ2n) is 6.68. The molecule has 134 valence electrons. The van der Waals surface area contributed by atoms with E-state index >= 15 is 0 Å². The molecule has 0 radical (unpaired) electrons. The fraction of sp³-hybridized carbons (Fsp3) is 0.333. The molecule has 0 aromatic heterocycles. The molecular formula is C21H21IN2O2. The number of rotatable bonds is 4. The lowest BCUT2D eigenvalue weighted by Gasteiger charge is -2.28. The van der Waals surface area contributed by atoms with Crippen molar-refractivity contribution in [1.29, 1.82) is 5.26 Å². The van der Waals surface area contributed by atoms with E-state index < -0.39 is 0 Å². The van der Waals surface area contributed by atoms with Crippen molar-refractivity contribution in [2.24, 2.45) is 5.73 Å². The van der Waals surface area contributed by atoms with Crippen molar-refractivity contribution in [2.75, 3.05) is 0 Å². The molecule has 2 aromatic rings. The highest BCUT2D eigenvalue weighted by molar-refractivity contribution is 14.1. The second kappa shape index (κ2) is 8.65. The summed E-state index contributed by atoms with van der Waals surface area (Å²) in [6, 6.07) is 15.7. The van der Waals surface area contributed by atoms with Crippen LogP contribution in [0, 0.1) is 14.9 Å². The first-order chi connectivity index (χ1) is 12.6. The predicted molar refractivity (Wildman–Crippen MR) is 109 cm³/mol. The van der Waals surface area contributed by atoms with E-state index in [-0.39, 0.29) is 24.5 Å². The van der Waals surface area contributed by atoms with Gasteiger partial charge >= 0.3 is 5.97 Å². The molecular weight excluding hydrogens is 439 g/mol. The van der Waals surface area contributed by atoms with E-state index in [1.54, 1.807) is 6.07 Å². The van der Waals surface area contributed by atoms with Gasteiger partial charge in [-0.1, -0.05) is 36.4 Å². The van der Waals surface area contributed by atoms with Gasteiger partial charge in [-0.3, -0.25) is 0 Å². The van der Waals surface area contributed by atoms with Crippen molar-refractivity contribution in [3.63, 3.8) is 0 Å². The third-order valence-corrected chi connectivity index (χ3v) is 6.04. The topological polar surface area (TPSA) is 76.1 Å². The molecule has 0 heterocycles. The second-order valence-corrected chi connectivity index (χ2v) is 7.76. The molecule has 5 heteroatoms. The van der Waals surface area contributed by atoms with Crippen LogP contribution in [0.5, 0.6) is 0 Å². The summed E-state index contributed by atoms with van der Waals surface area (Å²) >= 11 is 2.09. The van der Waals surface area contributed by atoms with Crippen LogP contribution < -0.4 is 5.73 Å². The average molecular weight is 460 g/mol. The summed E-state index contributed by atoms with van der Waals surface area (Å²) in [5, 5.41) is 9.35. The molecule has 0 unspecified atom stereocenters. The first-order valence-electron chi connectivity index (χ1n) is 8.79. The lowest BCUT2D eigenvalue weighted by atomic mass is 9.80. The van der Waals surface area contributed by atoms with Gasteiger partial charge < -0.3 is 10.5 Å². The van der Waals surface area contributed by atoms with Gasteiger partial charge in [0.1, 0.15) is 12.7 Å². The monoisotopic (exact) mass is 460 g/mol. The van der Waals surface area contributed by atoms with Gasteiger partial charge in [0.2, 0.25) is 0 Å². The molecule has 2 aromatic carbocycles. The number of hydrogen-bond acceptors (Lipinski definition) is 4. The normalized spacial score (nSPS) is 19.6. The molecule has 0 aliphatic heterocycles. The molecule has 0 atom stereocenters. The Balaban J connectivity index is 1.87. The van der Waals surface area contributed by atoms with Crippen LogP contribution in [-0.4, -0.2) is 12.0 Å². The number of benzene rings is 2. The van der Waals surface area contributed by atoms with E-state index in [0.717, 1.165) is 36.8 Å². The maximum atomic E-state index is 12.9. The van der Waals surface area contributed by atoms with Gasteiger partial charge in [0.05, 0.1) is 11.1 Å². The Hall–Kier alpha value is -1.91. The molecule has 1 aliphatic rings. The summed E-state index contributed by atoms with van der Waals surface area (Å²) in [5.41, 5.74) is 9.00. The molecule has 26 heavy (non-hydrogen) atoms. The zero-order valence-corrected chi connectivity index (χ0v) is 16.6. The van der Waals surface area contributed by atoms with Crippen molar-refractivity contribution in [3.8, 4) is 6.07 Å². The predicted octanol–water partition coefficient (Wildman–Crippen LogP) is 4.50. The summed E-state index contributed by atoms with van der Waals surface area (Å²) in [6.45, 7) is 0.224. The maximum Gasteiger partial charge on any atom is 0.339 e. The van der Waals surface area contributed by atoms with E-state index in [4.69, 9.17) is 10.5 Å². The fourth-order valence-electron chi connectivity index (χ4n) is 3.45. The standard InChI is InChI=1S/C21H21IN2O2/c22-20-16(12-23)8-11-18(15-6-9-17(24)10-7-15)19(20)21(25)26-13-14-4-2-1-3-5-14/h1-5,8,11,15,17H,6-7,9-10,13,24H2. The van der Waals surface area contributed by atoms with Crippen LogP contribution in [0.1, 0.15) is 58.6 Å². The minimum atomic E-state index is -0.361. The minimum absolute atomic E-state index is 0.224. The Bertz CT molecular complexity index is 822. The van der Waals surface area contributed by atoms with Crippen molar-refractivity contribution in [2.45, 2.75) is 44.2 Å². The first kappa shape index (κ1) is 18.9. The van der Waals surface area contributed by atoms with Gasteiger partial charge in [-0.2, -0.15) is 5.26 Å². The zero-order chi connectivity index (χ0) is 18.5. The average Bonchev–Trinajstić information content (AvgIpc) is 2.67. The molecule has 0 amide bonds. The summed E-state index contributed by atoms with van der Waals surface area (Å²) in [4.78, 5) is 12.9. The lowest BCUT2D eigenvalue weighted by molar-refractivity contribution is 0.0469. The lowest BCUT2D eigenvalue weighted by Crippen LogP contribution is -2.26. The van der Waals surface area contributed by atoms with Gasteiger partial charge in [-0.25, -0.2) is 4.79 Å². The van der Waals surface area contributed by atoms with Gasteiger partial charge in [0.15, 0.2) is 0 Å². The Morgan fingerprint density at radius 1 is 1.15 bits per heavy atom. The van der Waals surface area contributed by atoms with Gasteiger partial charge in [-0.05, 0) is 71.4 Å². The number of carbonyl (C=O) groups is 1. The molecule has 3 rings (SSSR count). The zero-order valence-electron chi connectivity index (χ0n) is 14.5. The van der Waals surface area contributed by atoms with Crippen LogP contribution in [0.2, 0.25) is 0 Å². The molecule has 1 aliphatic carbocycles. The number of nitriles is 1. The number of ether oxygens (including phenoxy) is 1. The van der Waals surface area contributed by atoms with Crippen molar-refractivity contribution in [3.05, 3.63) is 68.3 Å². The highest BCUT2D eigenvalue weighted by Gasteiger charge is 2.27. The first-order valence-corrected chi connectivity index (χ1v) is 9.87.